The Morgan fingerprint density at radius 2 is 1.88 bits per heavy atom. The Kier molecular flexibility index (Phi) is 4.92. The Bertz CT molecular complexity index is 640. The van der Waals surface area contributed by atoms with Crippen LogP contribution in [0.5, 0.6) is 0 Å². The lowest BCUT2D eigenvalue weighted by Gasteiger charge is -2.33. The highest BCUT2D eigenvalue weighted by molar-refractivity contribution is 5.88. The van der Waals surface area contributed by atoms with Gasteiger partial charge in [0.15, 0.2) is 0 Å². The first kappa shape index (κ1) is 18.3. The van der Waals surface area contributed by atoms with Crippen LogP contribution in [0.15, 0.2) is 24.3 Å². The lowest BCUT2D eigenvalue weighted by atomic mass is 9.82. The Morgan fingerprint density at radius 1 is 1.25 bits per heavy atom. The second-order valence-electron chi connectivity index (χ2n) is 6.60. The van der Waals surface area contributed by atoms with Gasteiger partial charge in [0.05, 0.1) is 17.4 Å². The Morgan fingerprint density at radius 3 is 2.46 bits per heavy atom. The van der Waals surface area contributed by atoms with Crippen molar-refractivity contribution in [2.45, 2.75) is 50.7 Å². The van der Waals surface area contributed by atoms with Crippen LogP contribution < -0.4 is 0 Å². The molecule has 1 aliphatic rings. The predicted molar refractivity (Wildman–Crippen MR) is 81.5 cm³/mol. The molecular formula is C17H20F3NO3. The molecule has 132 valence electrons. The number of halogens is 3. The third-order valence-electron chi connectivity index (χ3n) is 4.49. The topological polar surface area (TPSA) is 57.6 Å². The van der Waals surface area contributed by atoms with Gasteiger partial charge in [-0.3, -0.25) is 9.59 Å². The number of carbonyl (C=O) groups is 2. The van der Waals surface area contributed by atoms with Gasteiger partial charge in [-0.1, -0.05) is 18.2 Å². The number of hydrogen-bond donors (Lipinski definition) is 1. The largest absolute Gasteiger partial charge is 0.481 e. The molecule has 0 bridgehead atoms. The first-order valence-electron chi connectivity index (χ1n) is 7.74. The molecule has 24 heavy (non-hydrogen) atoms. The molecule has 0 radical (unpaired) electrons. The van der Waals surface area contributed by atoms with Gasteiger partial charge in [0, 0.05) is 12.6 Å². The number of hydrogen-bond acceptors (Lipinski definition) is 2. The van der Waals surface area contributed by atoms with Crippen molar-refractivity contribution in [2.24, 2.45) is 0 Å². The van der Waals surface area contributed by atoms with Gasteiger partial charge in [0.2, 0.25) is 5.91 Å². The van der Waals surface area contributed by atoms with E-state index in [4.69, 9.17) is 5.11 Å². The van der Waals surface area contributed by atoms with Gasteiger partial charge in [-0.05, 0) is 38.3 Å². The molecule has 1 aliphatic heterocycles. The van der Waals surface area contributed by atoms with E-state index in [1.165, 1.54) is 17.0 Å². The summed E-state index contributed by atoms with van der Waals surface area (Å²) < 4.78 is 38.7. The van der Waals surface area contributed by atoms with Crippen LogP contribution in [0.1, 0.15) is 44.2 Å². The van der Waals surface area contributed by atoms with E-state index in [1.54, 1.807) is 13.8 Å². The molecule has 1 heterocycles. The lowest BCUT2D eigenvalue weighted by molar-refractivity contribution is -0.142. The number of rotatable bonds is 4. The minimum absolute atomic E-state index is 0.148. The molecule has 1 aromatic carbocycles. The van der Waals surface area contributed by atoms with Gasteiger partial charge in [-0.15, -0.1) is 0 Å². The fraction of sp³-hybridized carbons (Fsp3) is 0.529. The highest BCUT2D eigenvalue weighted by Gasteiger charge is 2.40. The summed E-state index contributed by atoms with van der Waals surface area (Å²) in [4.78, 5) is 25.3. The van der Waals surface area contributed by atoms with Crippen molar-refractivity contribution in [3.63, 3.8) is 0 Å². The van der Waals surface area contributed by atoms with Gasteiger partial charge in [-0.2, -0.15) is 13.2 Å². The molecule has 4 nitrogen and oxygen atoms in total. The summed E-state index contributed by atoms with van der Waals surface area (Å²) in [5.41, 5.74) is -1.70. The summed E-state index contributed by atoms with van der Waals surface area (Å²) in [5.74, 6) is -1.33. The maximum absolute atomic E-state index is 12.9. The molecule has 1 amide bonds. The van der Waals surface area contributed by atoms with E-state index in [1.807, 2.05) is 0 Å². The molecule has 7 heteroatoms. The van der Waals surface area contributed by atoms with Crippen LogP contribution in [0.4, 0.5) is 13.2 Å². The van der Waals surface area contributed by atoms with Gasteiger partial charge in [-0.25, -0.2) is 0 Å². The minimum atomic E-state index is -4.48. The second kappa shape index (κ2) is 6.45. The van der Waals surface area contributed by atoms with Crippen LogP contribution in [-0.2, 0) is 21.2 Å². The predicted octanol–water partition coefficient (Wildman–Crippen LogP) is 3.45. The van der Waals surface area contributed by atoms with Gasteiger partial charge in [0.25, 0.3) is 0 Å². The number of aliphatic carboxylic acids is 1. The monoisotopic (exact) mass is 343 g/mol. The average Bonchev–Trinajstić information content (AvgIpc) is 2.92. The summed E-state index contributed by atoms with van der Waals surface area (Å²) in [5, 5.41) is 8.96. The maximum atomic E-state index is 12.9. The number of nitrogens with zero attached hydrogens (tertiary/aromatic N) is 1. The molecule has 1 fully saturated rings. The van der Waals surface area contributed by atoms with E-state index in [0.29, 0.717) is 19.4 Å². The Balaban J connectivity index is 2.29. The number of likely N-dealkylation sites (tertiary alicyclic amines) is 1. The molecule has 1 unspecified atom stereocenters. The Hall–Kier alpha value is -2.05. The van der Waals surface area contributed by atoms with Crippen LogP contribution >= 0.6 is 0 Å². The van der Waals surface area contributed by atoms with Crippen LogP contribution in [0.2, 0.25) is 0 Å². The van der Waals surface area contributed by atoms with Gasteiger partial charge >= 0.3 is 12.1 Å². The highest BCUT2D eigenvalue weighted by Crippen LogP contribution is 2.35. The minimum Gasteiger partial charge on any atom is -0.481 e. The van der Waals surface area contributed by atoms with Gasteiger partial charge < -0.3 is 10.0 Å². The van der Waals surface area contributed by atoms with E-state index < -0.39 is 29.2 Å². The molecule has 1 saturated heterocycles. The SMILES string of the molecule is CC(C)(C(=O)N1CCCC1CC(=O)O)c1cccc(C(F)(F)F)c1. The van der Waals surface area contributed by atoms with Crippen molar-refractivity contribution in [2.75, 3.05) is 6.54 Å². The smallest absolute Gasteiger partial charge is 0.416 e. The van der Waals surface area contributed by atoms with E-state index >= 15 is 0 Å². The number of carboxylic acid groups (broad SMARTS) is 1. The highest BCUT2D eigenvalue weighted by atomic mass is 19.4. The lowest BCUT2D eigenvalue weighted by Crippen LogP contribution is -2.46. The summed E-state index contributed by atoms with van der Waals surface area (Å²) in [6.45, 7) is 3.57. The van der Waals surface area contributed by atoms with Crippen molar-refractivity contribution >= 4 is 11.9 Å². The zero-order chi connectivity index (χ0) is 18.1. The normalized spacial score (nSPS) is 18.7. The molecule has 0 aliphatic carbocycles. The first-order chi connectivity index (χ1) is 11.0. The van der Waals surface area contributed by atoms with E-state index in [0.717, 1.165) is 12.1 Å². The Labute approximate surface area is 138 Å². The number of carbonyl (C=O) groups excluding carboxylic acids is 1. The molecule has 0 saturated carbocycles. The summed E-state index contributed by atoms with van der Waals surface area (Å²) in [7, 11) is 0. The fourth-order valence-electron chi connectivity index (χ4n) is 3.08. The quantitative estimate of drug-likeness (QED) is 0.911. The van der Waals surface area contributed by atoms with E-state index in [9.17, 15) is 22.8 Å². The fourth-order valence-corrected chi connectivity index (χ4v) is 3.08. The number of amides is 1. The molecule has 0 aromatic heterocycles. The van der Waals surface area contributed by atoms with E-state index in [-0.39, 0.29) is 17.9 Å². The van der Waals surface area contributed by atoms with Crippen molar-refractivity contribution in [1.82, 2.24) is 4.90 Å². The van der Waals surface area contributed by atoms with Crippen LogP contribution in [0.25, 0.3) is 0 Å². The van der Waals surface area contributed by atoms with Crippen LogP contribution in [0, 0.1) is 0 Å². The molecule has 1 aromatic rings. The van der Waals surface area contributed by atoms with Crippen molar-refractivity contribution in [3.8, 4) is 0 Å². The third-order valence-corrected chi connectivity index (χ3v) is 4.49. The number of carboxylic acids is 1. The van der Waals surface area contributed by atoms with Crippen LogP contribution in [-0.4, -0.2) is 34.5 Å². The molecular weight excluding hydrogens is 323 g/mol. The summed E-state index contributed by atoms with van der Waals surface area (Å²) in [6, 6.07) is 4.33. The number of benzene rings is 1. The second-order valence-corrected chi connectivity index (χ2v) is 6.60. The zero-order valence-corrected chi connectivity index (χ0v) is 13.6. The molecule has 0 spiro atoms. The molecule has 1 atom stereocenters. The van der Waals surface area contributed by atoms with Crippen LogP contribution in [0.3, 0.4) is 0 Å². The summed E-state index contributed by atoms with van der Waals surface area (Å²) in [6.07, 6.45) is -3.34. The van der Waals surface area contributed by atoms with Crippen molar-refractivity contribution in [1.29, 1.82) is 0 Å². The third kappa shape index (κ3) is 3.71. The van der Waals surface area contributed by atoms with Crippen molar-refractivity contribution < 1.29 is 27.9 Å². The number of alkyl halides is 3. The maximum Gasteiger partial charge on any atom is 0.416 e. The average molecular weight is 343 g/mol. The summed E-state index contributed by atoms with van der Waals surface area (Å²) >= 11 is 0. The zero-order valence-electron chi connectivity index (χ0n) is 13.6. The van der Waals surface area contributed by atoms with Crippen molar-refractivity contribution in [3.05, 3.63) is 35.4 Å². The molecule has 1 N–H and O–H groups in total. The first-order valence-corrected chi connectivity index (χ1v) is 7.74. The molecule has 2 rings (SSSR count). The van der Waals surface area contributed by atoms with E-state index in [2.05, 4.69) is 0 Å². The van der Waals surface area contributed by atoms with Gasteiger partial charge in [0.1, 0.15) is 0 Å². The standard InChI is InChI=1S/C17H20F3NO3/c1-16(2,11-5-3-6-12(9-11)17(18,19)20)15(24)21-8-4-7-13(21)10-14(22)23/h3,5-6,9,13H,4,7-8,10H2,1-2H3,(H,22,23).